The Morgan fingerprint density at radius 1 is 1.08 bits per heavy atom. The number of imidazole rings is 1. The van der Waals surface area contributed by atoms with Crippen LogP contribution in [0.25, 0.3) is 0 Å². The second kappa shape index (κ2) is 12.6. The van der Waals surface area contributed by atoms with Gasteiger partial charge in [0.1, 0.15) is 11.4 Å². The van der Waals surface area contributed by atoms with Crippen molar-refractivity contribution in [2.24, 2.45) is 13.0 Å². The van der Waals surface area contributed by atoms with E-state index in [9.17, 15) is 14.4 Å². The lowest BCUT2D eigenvalue weighted by Crippen LogP contribution is -2.60. The minimum Gasteiger partial charge on any atom is -0.354 e. The molecule has 2 aliphatic rings. The van der Waals surface area contributed by atoms with Crippen LogP contribution in [0.1, 0.15) is 62.9 Å². The largest absolute Gasteiger partial charge is 0.354 e. The summed E-state index contributed by atoms with van der Waals surface area (Å²) in [6.45, 7) is 6.63. The zero-order chi connectivity index (χ0) is 27.1. The smallest absolute Gasteiger partial charge is 0.250 e. The lowest BCUT2D eigenvalue weighted by Gasteiger charge is -2.39. The van der Waals surface area contributed by atoms with Gasteiger partial charge in [-0.05, 0) is 62.1 Å². The van der Waals surface area contributed by atoms with Gasteiger partial charge in [0.25, 0.3) is 0 Å². The maximum atomic E-state index is 13.7. The SMILES string of the molecule is CC(C)CCN1CC(=O)NC2(CCCc3ccccc32)C(=O)NCCCCN(Cc2nccn2C)CC1=O. The van der Waals surface area contributed by atoms with Crippen LogP contribution in [-0.2, 0) is 39.9 Å². The number of amides is 3. The van der Waals surface area contributed by atoms with Crippen molar-refractivity contribution in [2.45, 2.75) is 64.5 Å². The second-order valence-corrected chi connectivity index (χ2v) is 11.1. The van der Waals surface area contributed by atoms with Gasteiger partial charge in [0.15, 0.2) is 0 Å². The molecule has 2 N–H and O–H groups in total. The number of hydrogen-bond donors (Lipinski definition) is 2. The molecule has 0 saturated carbocycles. The highest BCUT2D eigenvalue weighted by Crippen LogP contribution is 2.36. The van der Waals surface area contributed by atoms with Crippen LogP contribution in [0.2, 0.25) is 0 Å². The van der Waals surface area contributed by atoms with Gasteiger partial charge in [0.05, 0.1) is 19.6 Å². The fraction of sp³-hybridized carbons (Fsp3) is 0.586. The van der Waals surface area contributed by atoms with Gasteiger partial charge in [0, 0.05) is 32.5 Å². The third kappa shape index (κ3) is 6.62. The molecule has 1 aromatic heterocycles. The fourth-order valence-electron chi connectivity index (χ4n) is 5.48. The molecular weight excluding hydrogens is 480 g/mol. The van der Waals surface area contributed by atoms with E-state index in [1.807, 2.05) is 42.1 Å². The number of rotatable bonds is 5. The van der Waals surface area contributed by atoms with E-state index in [1.54, 1.807) is 11.1 Å². The van der Waals surface area contributed by atoms with Crippen molar-refractivity contribution in [1.82, 2.24) is 30.0 Å². The maximum absolute atomic E-state index is 13.7. The van der Waals surface area contributed by atoms with Gasteiger partial charge in [-0.3, -0.25) is 19.3 Å². The number of benzene rings is 1. The summed E-state index contributed by atoms with van der Waals surface area (Å²) in [6, 6.07) is 7.89. The quantitative estimate of drug-likeness (QED) is 0.628. The number of hydrogen-bond acceptors (Lipinski definition) is 5. The van der Waals surface area contributed by atoms with Crippen LogP contribution in [0.15, 0.2) is 36.7 Å². The first-order valence-electron chi connectivity index (χ1n) is 13.9. The summed E-state index contributed by atoms with van der Waals surface area (Å²) in [5.41, 5.74) is 0.839. The number of nitrogens with one attached hydrogen (secondary N) is 2. The summed E-state index contributed by atoms with van der Waals surface area (Å²) in [5, 5.41) is 6.23. The van der Waals surface area contributed by atoms with E-state index < -0.39 is 5.54 Å². The van der Waals surface area contributed by atoms with Crippen molar-refractivity contribution in [3.05, 3.63) is 53.6 Å². The van der Waals surface area contributed by atoms with Gasteiger partial charge in [-0.1, -0.05) is 38.1 Å². The predicted octanol–water partition coefficient (Wildman–Crippen LogP) is 2.35. The highest BCUT2D eigenvalue weighted by molar-refractivity contribution is 5.94. The second-order valence-electron chi connectivity index (χ2n) is 11.1. The standard InChI is InChI=1S/C29H42N6O3/c1-22(2)12-17-35-20-26(36)32-29(13-8-10-23-9-4-5-11-24(23)29)28(38)31-14-6-7-16-34(21-27(35)37)19-25-30-15-18-33(25)3/h4-5,9,11,15,18,22H,6-8,10,12-14,16-17,19-21H2,1-3H3,(H,31,38)(H,32,36). The van der Waals surface area contributed by atoms with Crippen molar-refractivity contribution < 1.29 is 14.4 Å². The molecule has 1 atom stereocenters. The molecule has 1 saturated heterocycles. The molecule has 206 valence electrons. The van der Waals surface area contributed by atoms with Crippen LogP contribution >= 0.6 is 0 Å². The van der Waals surface area contributed by atoms with Gasteiger partial charge in [-0.25, -0.2) is 4.98 Å². The topological polar surface area (TPSA) is 99.6 Å². The van der Waals surface area contributed by atoms with E-state index in [0.717, 1.165) is 49.1 Å². The number of carbonyl (C=O) groups excluding carboxylic acids is 3. The number of nitrogens with zero attached hydrogens (tertiary/aromatic N) is 4. The third-order valence-electron chi connectivity index (χ3n) is 7.71. The first-order chi connectivity index (χ1) is 18.3. The van der Waals surface area contributed by atoms with Gasteiger partial charge in [-0.15, -0.1) is 0 Å². The summed E-state index contributed by atoms with van der Waals surface area (Å²) in [7, 11) is 1.95. The van der Waals surface area contributed by atoms with Gasteiger partial charge < -0.3 is 20.1 Å². The molecule has 0 bridgehead atoms. The Labute approximate surface area is 226 Å². The summed E-state index contributed by atoms with van der Waals surface area (Å²) < 4.78 is 1.96. The van der Waals surface area contributed by atoms with Crippen LogP contribution in [0, 0.1) is 5.92 Å². The van der Waals surface area contributed by atoms with E-state index >= 15 is 0 Å². The van der Waals surface area contributed by atoms with Gasteiger partial charge in [0.2, 0.25) is 17.7 Å². The summed E-state index contributed by atoms with van der Waals surface area (Å²) in [5.74, 6) is 0.734. The lowest BCUT2D eigenvalue weighted by atomic mass is 9.75. The highest BCUT2D eigenvalue weighted by atomic mass is 16.2. The summed E-state index contributed by atoms with van der Waals surface area (Å²) in [4.78, 5) is 49.1. The molecule has 38 heavy (non-hydrogen) atoms. The molecule has 3 amide bonds. The molecule has 4 rings (SSSR count). The Morgan fingerprint density at radius 2 is 1.89 bits per heavy atom. The van der Waals surface area contributed by atoms with E-state index in [1.165, 1.54) is 0 Å². The van der Waals surface area contributed by atoms with Crippen LogP contribution < -0.4 is 10.6 Å². The van der Waals surface area contributed by atoms with Crippen LogP contribution in [0.3, 0.4) is 0 Å². The molecule has 1 aliphatic heterocycles. The molecule has 9 heteroatoms. The normalized spacial score (nSPS) is 22.2. The van der Waals surface area contributed by atoms with E-state index in [-0.39, 0.29) is 30.8 Å². The third-order valence-corrected chi connectivity index (χ3v) is 7.71. The average Bonchev–Trinajstić information content (AvgIpc) is 3.29. The van der Waals surface area contributed by atoms with E-state index in [4.69, 9.17) is 0 Å². The first-order valence-corrected chi connectivity index (χ1v) is 13.9. The van der Waals surface area contributed by atoms with Gasteiger partial charge in [-0.2, -0.15) is 0 Å². The number of aromatic nitrogens is 2. The zero-order valence-corrected chi connectivity index (χ0v) is 23.0. The molecule has 1 fully saturated rings. The minimum absolute atomic E-state index is 0.0704. The highest BCUT2D eigenvalue weighted by Gasteiger charge is 2.44. The zero-order valence-electron chi connectivity index (χ0n) is 23.0. The van der Waals surface area contributed by atoms with Crippen LogP contribution in [0.4, 0.5) is 0 Å². The Balaban J connectivity index is 1.60. The van der Waals surface area contributed by atoms with Gasteiger partial charge >= 0.3 is 0 Å². The van der Waals surface area contributed by atoms with Crippen molar-refractivity contribution in [2.75, 3.05) is 32.7 Å². The molecule has 1 aliphatic carbocycles. The average molecular weight is 523 g/mol. The monoisotopic (exact) mass is 522 g/mol. The molecule has 9 nitrogen and oxygen atoms in total. The molecule has 1 spiro atoms. The molecule has 1 unspecified atom stereocenters. The van der Waals surface area contributed by atoms with Crippen LogP contribution in [-0.4, -0.2) is 69.8 Å². The van der Waals surface area contributed by atoms with Crippen molar-refractivity contribution in [3.63, 3.8) is 0 Å². The molecule has 1 aromatic carbocycles. The predicted molar refractivity (Wildman–Crippen MR) is 146 cm³/mol. The first kappa shape index (κ1) is 27.8. The number of aryl methyl sites for hydroxylation is 2. The van der Waals surface area contributed by atoms with Crippen molar-refractivity contribution in [3.8, 4) is 0 Å². The van der Waals surface area contributed by atoms with Crippen molar-refractivity contribution >= 4 is 17.7 Å². The molecular formula is C29H42N6O3. The fourth-order valence-corrected chi connectivity index (χ4v) is 5.48. The number of fused-ring (bicyclic) bond motifs is 2. The Hall–Kier alpha value is -3.20. The molecule has 2 aromatic rings. The molecule has 2 heterocycles. The number of carbonyl (C=O) groups is 3. The van der Waals surface area contributed by atoms with E-state index in [0.29, 0.717) is 38.5 Å². The molecule has 0 radical (unpaired) electrons. The van der Waals surface area contributed by atoms with Crippen molar-refractivity contribution in [1.29, 1.82) is 0 Å². The van der Waals surface area contributed by atoms with Crippen LogP contribution in [0.5, 0.6) is 0 Å². The summed E-state index contributed by atoms with van der Waals surface area (Å²) >= 11 is 0. The Kier molecular flexibility index (Phi) is 9.20. The Bertz CT molecular complexity index is 1130. The Morgan fingerprint density at radius 3 is 2.66 bits per heavy atom. The summed E-state index contributed by atoms with van der Waals surface area (Å²) in [6.07, 6.45) is 8.30. The minimum atomic E-state index is -1.12. The van der Waals surface area contributed by atoms with E-state index in [2.05, 4.69) is 34.4 Å². The maximum Gasteiger partial charge on any atom is 0.250 e. The lowest BCUT2D eigenvalue weighted by molar-refractivity contribution is -0.140.